The van der Waals surface area contributed by atoms with Crippen molar-refractivity contribution in [3.05, 3.63) is 29.3 Å². The molecule has 1 aliphatic heterocycles. The van der Waals surface area contributed by atoms with Crippen molar-refractivity contribution in [1.29, 1.82) is 0 Å². The molecule has 2 amide bonds. The molecule has 0 unspecified atom stereocenters. The van der Waals surface area contributed by atoms with Crippen molar-refractivity contribution >= 4 is 11.8 Å². The van der Waals surface area contributed by atoms with E-state index in [-0.39, 0.29) is 11.8 Å². The number of rotatable bonds is 3. The number of nitrogens with zero attached hydrogens (tertiary/aromatic N) is 1. The van der Waals surface area contributed by atoms with Crippen molar-refractivity contribution in [1.82, 2.24) is 4.90 Å². The first kappa shape index (κ1) is 10.7. The van der Waals surface area contributed by atoms with E-state index < -0.39 is 0 Å². The number of carbonyl (C=O) groups is 2. The number of ether oxygens (including phenoxy) is 1. The van der Waals surface area contributed by atoms with Crippen LogP contribution in [0.3, 0.4) is 0 Å². The third kappa shape index (κ3) is 1.38. The molecule has 0 aromatic heterocycles. The molecular weight excluding hydrogens is 206 g/mol. The molecule has 0 fully saturated rings. The van der Waals surface area contributed by atoms with E-state index in [4.69, 9.17) is 4.74 Å². The zero-order valence-corrected chi connectivity index (χ0v) is 9.32. The summed E-state index contributed by atoms with van der Waals surface area (Å²) in [5, 5.41) is 0. The van der Waals surface area contributed by atoms with E-state index in [1.54, 1.807) is 18.2 Å². The Morgan fingerprint density at radius 2 is 2.00 bits per heavy atom. The molecule has 84 valence electrons. The highest BCUT2D eigenvalue weighted by Crippen LogP contribution is 2.30. The standard InChI is InChI=1S/C12H13NO3/c1-3-7-13-11(14)8-5-4-6-9(16-2)10(8)12(13)15/h4-6H,3,7H2,1-2H3. The molecular formula is C12H13NO3. The van der Waals surface area contributed by atoms with E-state index in [0.29, 0.717) is 23.4 Å². The summed E-state index contributed by atoms with van der Waals surface area (Å²) >= 11 is 0. The minimum absolute atomic E-state index is 0.222. The Balaban J connectivity index is 2.51. The molecule has 0 aliphatic carbocycles. The molecule has 2 rings (SSSR count). The number of carbonyl (C=O) groups excluding carboxylic acids is 2. The van der Waals surface area contributed by atoms with Crippen molar-refractivity contribution in [3.63, 3.8) is 0 Å². The predicted octanol–water partition coefficient (Wildman–Crippen LogP) is 1.70. The lowest BCUT2D eigenvalue weighted by Crippen LogP contribution is -2.30. The molecule has 16 heavy (non-hydrogen) atoms. The Labute approximate surface area is 93.8 Å². The second-order valence-electron chi connectivity index (χ2n) is 3.64. The van der Waals surface area contributed by atoms with Crippen LogP contribution in [0.4, 0.5) is 0 Å². The third-order valence-corrected chi connectivity index (χ3v) is 2.63. The average Bonchev–Trinajstić information content (AvgIpc) is 2.55. The smallest absolute Gasteiger partial charge is 0.265 e. The van der Waals surface area contributed by atoms with Gasteiger partial charge in [-0.25, -0.2) is 0 Å². The Kier molecular flexibility index (Phi) is 2.64. The second kappa shape index (κ2) is 3.96. The Bertz CT molecular complexity index is 454. The van der Waals surface area contributed by atoms with Gasteiger partial charge in [0.05, 0.1) is 18.2 Å². The van der Waals surface area contributed by atoms with Crippen LogP contribution in [0.15, 0.2) is 18.2 Å². The zero-order valence-electron chi connectivity index (χ0n) is 9.32. The quantitative estimate of drug-likeness (QED) is 0.727. The summed E-state index contributed by atoms with van der Waals surface area (Å²) in [6.45, 7) is 2.39. The van der Waals surface area contributed by atoms with Gasteiger partial charge in [0.2, 0.25) is 0 Å². The van der Waals surface area contributed by atoms with Crippen LogP contribution in [0.5, 0.6) is 5.75 Å². The van der Waals surface area contributed by atoms with Crippen molar-refractivity contribution in [2.24, 2.45) is 0 Å². The number of fused-ring (bicyclic) bond motifs is 1. The number of hydrogen-bond acceptors (Lipinski definition) is 3. The largest absolute Gasteiger partial charge is 0.496 e. The first-order chi connectivity index (χ1) is 7.70. The molecule has 0 radical (unpaired) electrons. The van der Waals surface area contributed by atoms with Gasteiger partial charge >= 0.3 is 0 Å². The van der Waals surface area contributed by atoms with Crippen LogP contribution in [-0.4, -0.2) is 30.4 Å². The van der Waals surface area contributed by atoms with Crippen LogP contribution in [0, 0.1) is 0 Å². The van der Waals surface area contributed by atoms with Gasteiger partial charge in [0.25, 0.3) is 11.8 Å². The summed E-state index contributed by atoms with van der Waals surface area (Å²) in [6.07, 6.45) is 0.758. The fourth-order valence-electron chi connectivity index (χ4n) is 1.90. The maximum Gasteiger partial charge on any atom is 0.265 e. The third-order valence-electron chi connectivity index (χ3n) is 2.63. The van der Waals surface area contributed by atoms with E-state index in [1.807, 2.05) is 6.92 Å². The van der Waals surface area contributed by atoms with Crippen LogP contribution in [0.2, 0.25) is 0 Å². The number of methoxy groups -OCH3 is 1. The monoisotopic (exact) mass is 219 g/mol. The lowest BCUT2D eigenvalue weighted by atomic mass is 10.1. The Morgan fingerprint density at radius 3 is 2.62 bits per heavy atom. The highest BCUT2D eigenvalue weighted by Gasteiger charge is 2.37. The van der Waals surface area contributed by atoms with Crippen molar-refractivity contribution in [2.45, 2.75) is 13.3 Å². The molecule has 0 N–H and O–H groups in total. The predicted molar refractivity (Wildman–Crippen MR) is 58.7 cm³/mol. The van der Waals surface area contributed by atoms with Gasteiger partial charge in [0, 0.05) is 6.54 Å². The maximum atomic E-state index is 12.0. The maximum absolute atomic E-state index is 12.0. The molecule has 0 spiro atoms. The highest BCUT2D eigenvalue weighted by molar-refractivity contribution is 6.22. The van der Waals surface area contributed by atoms with Crippen molar-refractivity contribution in [2.75, 3.05) is 13.7 Å². The van der Waals surface area contributed by atoms with Gasteiger partial charge in [0.15, 0.2) is 0 Å². The van der Waals surface area contributed by atoms with Gasteiger partial charge in [-0.3, -0.25) is 14.5 Å². The van der Waals surface area contributed by atoms with E-state index >= 15 is 0 Å². The summed E-state index contributed by atoms with van der Waals surface area (Å²) in [7, 11) is 1.50. The molecule has 0 saturated carbocycles. The summed E-state index contributed by atoms with van der Waals surface area (Å²) < 4.78 is 5.10. The fourth-order valence-corrected chi connectivity index (χ4v) is 1.90. The van der Waals surface area contributed by atoms with E-state index in [2.05, 4.69) is 0 Å². The molecule has 0 bridgehead atoms. The number of benzene rings is 1. The SMILES string of the molecule is CCCN1C(=O)c2cccc(OC)c2C1=O. The topological polar surface area (TPSA) is 46.6 Å². The fraction of sp³-hybridized carbons (Fsp3) is 0.333. The van der Waals surface area contributed by atoms with Crippen molar-refractivity contribution < 1.29 is 14.3 Å². The van der Waals surface area contributed by atoms with Gasteiger partial charge in [-0.05, 0) is 18.6 Å². The molecule has 0 atom stereocenters. The first-order valence-electron chi connectivity index (χ1n) is 5.24. The number of hydrogen-bond donors (Lipinski definition) is 0. The van der Waals surface area contributed by atoms with Crippen LogP contribution >= 0.6 is 0 Å². The van der Waals surface area contributed by atoms with Gasteiger partial charge in [-0.2, -0.15) is 0 Å². The summed E-state index contributed by atoms with van der Waals surface area (Å²) in [5.74, 6) is -0.00509. The first-order valence-corrected chi connectivity index (χ1v) is 5.24. The second-order valence-corrected chi connectivity index (χ2v) is 3.64. The van der Waals surface area contributed by atoms with Crippen LogP contribution in [0.25, 0.3) is 0 Å². The number of imide groups is 1. The minimum atomic E-state index is -0.251. The minimum Gasteiger partial charge on any atom is -0.496 e. The Morgan fingerprint density at radius 1 is 1.25 bits per heavy atom. The summed E-state index contributed by atoms with van der Waals surface area (Å²) in [4.78, 5) is 25.2. The Hall–Kier alpha value is -1.84. The summed E-state index contributed by atoms with van der Waals surface area (Å²) in [5.41, 5.74) is 0.834. The molecule has 1 aromatic rings. The molecule has 1 aromatic carbocycles. The molecule has 4 heteroatoms. The van der Waals surface area contributed by atoms with Crippen LogP contribution < -0.4 is 4.74 Å². The zero-order chi connectivity index (χ0) is 11.7. The average molecular weight is 219 g/mol. The van der Waals surface area contributed by atoms with E-state index in [1.165, 1.54) is 12.0 Å². The molecule has 0 saturated heterocycles. The molecule has 4 nitrogen and oxygen atoms in total. The molecule has 1 aliphatic rings. The van der Waals surface area contributed by atoms with Crippen LogP contribution in [-0.2, 0) is 0 Å². The molecule has 1 heterocycles. The van der Waals surface area contributed by atoms with Gasteiger partial charge in [-0.15, -0.1) is 0 Å². The van der Waals surface area contributed by atoms with Crippen LogP contribution in [0.1, 0.15) is 34.1 Å². The van der Waals surface area contributed by atoms with Gasteiger partial charge in [-0.1, -0.05) is 13.0 Å². The lowest BCUT2D eigenvalue weighted by Gasteiger charge is -2.11. The summed E-state index contributed by atoms with van der Waals surface area (Å²) in [6, 6.07) is 5.07. The van der Waals surface area contributed by atoms with Gasteiger partial charge in [0.1, 0.15) is 5.75 Å². The van der Waals surface area contributed by atoms with Gasteiger partial charge < -0.3 is 4.74 Å². The van der Waals surface area contributed by atoms with E-state index in [9.17, 15) is 9.59 Å². The highest BCUT2D eigenvalue weighted by atomic mass is 16.5. The lowest BCUT2D eigenvalue weighted by molar-refractivity contribution is 0.0653. The number of amides is 2. The normalized spacial score (nSPS) is 14.2. The van der Waals surface area contributed by atoms with Crippen molar-refractivity contribution in [3.8, 4) is 5.75 Å². The van der Waals surface area contributed by atoms with E-state index in [0.717, 1.165) is 6.42 Å².